The molecule has 10 heteroatoms. The Morgan fingerprint density at radius 3 is 2.08 bits per heavy atom. The van der Waals surface area contributed by atoms with Crippen molar-refractivity contribution >= 4 is 57.0 Å². The highest BCUT2D eigenvalue weighted by Crippen LogP contribution is 2.43. The summed E-state index contributed by atoms with van der Waals surface area (Å²) in [5, 5.41) is -1.29. The topological polar surface area (TPSA) is 47.0 Å². The van der Waals surface area contributed by atoms with Gasteiger partial charge in [-0.15, -0.1) is 0 Å². The Morgan fingerprint density at radius 1 is 1.16 bits per heavy atom. The van der Waals surface area contributed by atoms with Crippen LogP contribution in [0.5, 0.6) is 0 Å². The van der Waals surface area contributed by atoms with Crippen LogP contribution in [-0.2, 0) is 12.6 Å². The molecule has 2 rings (SSSR count). The monoisotopic (exact) mass is 431 g/mol. The highest BCUT2D eigenvalue weighted by atomic mass is 35.5. The van der Waals surface area contributed by atoms with Gasteiger partial charge in [0.15, 0.2) is 5.69 Å². The molecule has 0 saturated heterocycles. The third kappa shape index (κ3) is 4.64. The van der Waals surface area contributed by atoms with E-state index < -0.39 is 32.5 Å². The van der Waals surface area contributed by atoms with Crippen LogP contribution >= 0.6 is 46.7 Å². The van der Waals surface area contributed by atoms with Crippen LogP contribution in [0.2, 0.25) is 0 Å². The lowest BCUT2D eigenvalue weighted by Gasteiger charge is -2.21. The first-order valence-electron chi connectivity index (χ1n) is 7.20. The average Bonchev–Trinajstić information content (AvgIpc) is 3.35. The molecule has 1 aromatic rings. The van der Waals surface area contributed by atoms with Gasteiger partial charge in [-0.05, 0) is 43.3 Å². The molecule has 0 unspecified atom stereocenters. The van der Waals surface area contributed by atoms with Gasteiger partial charge in [0.2, 0.25) is 10.2 Å². The van der Waals surface area contributed by atoms with Crippen LogP contribution in [0.3, 0.4) is 0 Å². The molecule has 1 fully saturated rings. The lowest BCUT2D eigenvalue weighted by Crippen LogP contribution is -2.22. The molecule has 1 aromatic heterocycles. The molecule has 3 nitrogen and oxygen atoms in total. The van der Waals surface area contributed by atoms with E-state index in [0.29, 0.717) is 11.8 Å². The number of carbonyl (C=O) groups excluding carboxylic acids is 2. The van der Waals surface area contributed by atoms with Gasteiger partial charge in [-0.25, -0.2) is 4.98 Å². The summed E-state index contributed by atoms with van der Waals surface area (Å²) in [5.74, 6) is 0.141. The quantitative estimate of drug-likeness (QED) is 0.573. The zero-order valence-electron chi connectivity index (χ0n) is 13.2. The van der Waals surface area contributed by atoms with E-state index in [2.05, 4.69) is 4.98 Å². The van der Waals surface area contributed by atoms with Crippen LogP contribution in [0, 0.1) is 5.92 Å². The van der Waals surface area contributed by atoms with E-state index in [1.807, 2.05) is 0 Å². The van der Waals surface area contributed by atoms with E-state index in [4.69, 9.17) is 23.2 Å². The number of thioether (sulfide) groups is 2. The number of hydrogen-bond acceptors (Lipinski definition) is 5. The SMILES string of the molecule is CSC(=O)c1c(C(Cl)Cl)nc(C(F)(F)F)c(C(=O)SC)c1CC1CC1. The number of nitrogens with zero attached hydrogens (tertiary/aromatic N) is 1. The third-order valence-electron chi connectivity index (χ3n) is 3.77. The van der Waals surface area contributed by atoms with Crippen molar-refractivity contribution in [3.63, 3.8) is 0 Å². The first-order chi connectivity index (χ1) is 11.6. The predicted molar refractivity (Wildman–Crippen MR) is 95.8 cm³/mol. The van der Waals surface area contributed by atoms with Gasteiger partial charge < -0.3 is 0 Å². The molecule has 1 heterocycles. The van der Waals surface area contributed by atoms with E-state index in [-0.39, 0.29) is 29.2 Å². The Hall–Kier alpha value is -0.440. The molecular formula is C15H14Cl2F3NO2S2. The molecule has 1 saturated carbocycles. The minimum Gasteiger partial charge on any atom is -0.281 e. The van der Waals surface area contributed by atoms with Crippen molar-refractivity contribution < 1.29 is 22.8 Å². The van der Waals surface area contributed by atoms with Gasteiger partial charge in [0.25, 0.3) is 0 Å². The average molecular weight is 432 g/mol. The molecule has 0 N–H and O–H groups in total. The lowest BCUT2D eigenvalue weighted by atomic mass is 9.94. The number of aromatic nitrogens is 1. The van der Waals surface area contributed by atoms with Crippen LogP contribution in [0.25, 0.3) is 0 Å². The Morgan fingerprint density at radius 2 is 1.68 bits per heavy atom. The second-order valence-electron chi connectivity index (χ2n) is 5.50. The van der Waals surface area contributed by atoms with Crippen LogP contribution < -0.4 is 0 Å². The predicted octanol–water partition coefficient (Wildman–Crippen LogP) is 5.54. The van der Waals surface area contributed by atoms with Gasteiger partial charge in [0.05, 0.1) is 16.8 Å². The van der Waals surface area contributed by atoms with Crippen molar-refractivity contribution in [1.29, 1.82) is 0 Å². The van der Waals surface area contributed by atoms with Gasteiger partial charge in [-0.1, -0.05) is 46.7 Å². The van der Waals surface area contributed by atoms with Crippen molar-refractivity contribution in [1.82, 2.24) is 4.98 Å². The van der Waals surface area contributed by atoms with Crippen molar-refractivity contribution in [2.24, 2.45) is 5.92 Å². The molecule has 1 aliphatic carbocycles. The number of rotatable bonds is 5. The van der Waals surface area contributed by atoms with Gasteiger partial charge in [0.1, 0.15) is 4.84 Å². The first kappa shape index (κ1) is 20.9. The van der Waals surface area contributed by atoms with Gasteiger partial charge >= 0.3 is 6.18 Å². The van der Waals surface area contributed by atoms with E-state index in [0.717, 1.165) is 24.6 Å². The molecule has 25 heavy (non-hydrogen) atoms. The minimum atomic E-state index is -4.86. The van der Waals surface area contributed by atoms with Crippen molar-refractivity contribution in [2.45, 2.75) is 30.3 Å². The van der Waals surface area contributed by atoms with Crippen molar-refractivity contribution in [3.8, 4) is 0 Å². The summed E-state index contributed by atoms with van der Waals surface area (Å²) >= 11 is 13.1. The fourth-order valence-electron chi connectivity index (χ4n) is 2.48. The Bertz CT molecular complexity index is 707. The summed E-state index contributed by atoms with van der Waals surface area (Å²) in [6.45, 7) is 0. The zero-order chi connectivity index (χ0) is 18.9. The number of alkyl halides is 5. The molecule has 0 aliphatic heterocycles. The molecule has 1 aliphatic rings. The fraction of sp³-hybridized carbons (Fsp3) is 0.533. The summed E-state index contributed by atoms with van der Waals surface area (Å²) in [6, 6.07) is 0. The summed E-state index contributed by atoms with van der Waals surface area (Å²) in [7, 11) is 0. The van der Waals surface area contributed by atoms with Crippen LogP contribution in [0.15, 0.2) is 0 Å². The lowest BCUT2D eigenvalue weighted by molar-refractivity contribution is -0.141. The highest BCUT2D eigenvalue weighted by Gasteiger charge is 2.42. The summed E-state index contributed by atoms with van der Waals surface area (Å²) in [6.07, 6.45) is -0.106. The van der Waals surface area contributed by atoms with E-state index in [1.54, 1.807) is 0 Å². The molecule has 138 valence electrons. The number of pyridine rings is 1. The maximum atomic E-state index is 13.5. The van der Waals surface area contributed by atoms with E-state index in [9.17, 15) is 22.8 Å². The van der Waals surface area contributed by atoms with E-state index >= 15 is 0 Å². The molecular weight excluding hydrogens is 418 g/mol. The number of carbonyl (C=O) groups is 2. The number of halogens is 5. The largest absolute Gasteiger partial charge is 0.434 e. The molecule has 0 amide bonds. The molecule has 0 aromatic carbocycles. The Balaban J connectivity index is 2.89. The molecule has 0 atom stereocenters. The van der Waals surface area contributed by atoms with Gasteiger partial charge in [-0.3, -0.25) is 9.59 Å². The number of hydrogen-bond donors (Lipinski definition) is 0. The zero-order valence-corrected chi connectivity index (χ0v) is 16.4. The first-order valence-corrected chi connectivity index (χ1v) is 10.5. The highest BCUT2D eigenvalue weighted by molar-refractivity contribution is 8.13. The Labute approximate surface area is 161 Å². The maximum Gasteiger partial charge on any atom is 0.434 e. The summed E-state index contributed by atoms with van der Waals surface area (Å²) in [4.78, 5) is 26.8. The van der Waals surface area contributed by atoms with E-state index in [1.165, 1.54) is 12.5 Å². The normalized spacial score (nSPS) is 14.9. The van der Waals surface area contributed by atoms with Crippen molar-refractivity contribution in [2.75, 3.05) is 12.5 Å². The second kappa shape index (κ2) is 8.06. The molecule has 0 radical (unpaired) electrons. The minimum absolute atomic E-state index is 0.0600. The fourth-order valence-corrected chi connectivity index (χ4v) is 3.66. The third-order valence-corrected chi connectivity index (χ3v) is 5.34. The Kier molecular flexibility index (Phi) is 6.73. The summed E-state index contributed by atoms with van der Waals surface area (Å²) in [5.41, 5.74) is -2.24. The molecule has 0 spiro atoms. The smallest absolute Gasteiger partial charge is 0.281 e. The van der Waals surface area contributed by atoms with Crippen LogP contribution in [0.1, 0.15) is 55.3 Å². The van der Waals surface area contributed by atoms with Gasteiger partial charge in [-0.2, -0.15) is 13.2 Å². The van der Waals surface area contributed by atoms with Crippen molar-refractivity contribution in [3.05, 3.63) is 28.1 Å². The molecule has 0 bridgehead atoms. The maximum absolute atomic E-state index is 13.5. The van der Waals surface area contributed by atoms with Gasteiger partial charge in [0, 0.05) is 0 Å². The van der Waals surface area contributed by atoms with Crippen LogP contribution in [0.4, 0.5) is 13.2 Å². The summed E-state index contributed by atoms with van der Waals surface area (Å²) < 4.78 is 40.6. The standard InChI is InChI=1S/C15H14Cl2F3NO2S2/c1-24-13(22)8-7(5-6-3-4-6)9(14(23)25-2)11(15(18,19)20)21-10(8)12(16)17/h6,12H,3-5H2,1-2H3. The second-order valence-corrected chi connectivity index (χ2v) is 8.16. The van der Waals surface area contributed by atoms with Crippen LogP contribution in [-0.4, -0.2) is 27.7 Å².